The average Bonchev–Trinajstić information content (AvgIpc) is 3.41. The number of aryl methyl sites for hydroxylation is 1. The van der Waals surface area contributed by atoms with Crippen LogP contribution >= 0.6 is 11.6 Å². The summed E-state index contributed by atoms with van der Waals surface area (Å²) in [5.74, 6) is 1.87. The van der Waals surface area contributed by atoms with Crippen LogP contribution in [0.5, 0.6) is 11.5 Å². The Labute approximate surface area is 234 Å². The summed E-state index contributed by atoms with van der Waals surface area (Å²) in [6.45, 7) is 2.44. The number of methoxy groups -OCH3 is 1. The Morgan fingerprint density at radius 2 is 1.80 bits per heavy atom. The Morgan fingerprint density at radius 1 is 0.950 bits per heavy atom. The summed E-state index contributed by atoms with van der Waals surface area (Å²) in [5.41, 5.74) is 3.73. The van der Waals surface area contributed by atoms with E-state index in [2.05, 4.69) is 11.2 Å². The lowest BCUT2D eigenvalue weighted by atomic mass is 10.1. The fourth-order valence-electron chi connectivity index (χ4n) is 4.51. The number of hydrogen-bond donors (Lipinski definition) is 0. The Bertz CT molecular complexity index is 1960. The molecule has 0 aliphatic carbocycles. The van der Waals surface area contributed by atoms with Crippen LogP contribution in [0.15, 0.2) is 105 Å². The highest BCUT2D eigenvalue weighted by Crippen LogP contribution is 2.33. The number of rotatable bonds is 7. The zero-order chi connectivity index (χ0) is 27.6. The molecule has 2 aromatic heterocycles. The third-order valence-corrected chi connectivity index (χ3v) is 6.77. The lowest BCUT2D eigenvalue weighted by Crippen LogP contribution is -2.20. The molecule has 0 aliphatic heterocycles. The summed E-state index contributed by atoms with van der Waals surface area (Å²) in [7, 11) is 1.60. The molecule has 4 aromatic carbocycles. The van der Waals surface area contributed by atoms with Crippen LogP contribution in [0.2, 0.25) is 5.02 Å². The number of benzene rings is 4. The first-order chi connectivity index (χ1) is 19.5. The SMILES string of the molecule is COc1cccc2oc(-c3nc4ccccc4c(=O)n3N=Cc3ccc(OCc4cccc(C)c4)c(Cl)c3)cc12. The maximum atomic E-state index is 13.5. The number of fused-ring (bicyclic) bond motifs is 2. The van der Waals surface area contributed by atoms with Gasteiger partial charge in [-0.15, -0.1) is 0 Å². The van der Waals surface area contributed by atoms with Gasteiger partial charge < -0.3 is 13.9 Å². The van der Waals surface area contributed by atoms with Gasteiger partial charge in [-0.1, -0.05) is 59.6 Å². The summed E-state index contributed by atoms with van der Waals surface area (Å²) >= 11 is 6.52. The van der Waals surface area contributed by atoms with Crippen LogP contribution in [0.4, 0.5) is 0 Å². The maximum Gasteiger partial charge on any atom is 0.282 e. The molecule has 6 aromatic rings. The van der Waals surface area contributed by atoms with Crippen molar-refractivity contribution in [2.45, 2.75) is 13.5 Å². The molecule has 0 unspecified atom stereocenters. The Hall–Kier alpha value is -4.88. The van der Waals surface area contributed by atoms with Crippen LogP contribution in [0, 0.1) is 6.92 Å². The topological polar surface area (TPSA) is 78.9 Å². The monoisotopic (exact) mass is 549 g/mol. The highest BCUT2D eigenvalue weighted by molar-refractivity contribution is 6.32. The second kappa shape index (κ2) is 10.7. The molecule has 0 fully saturated rings. The zero-order valence-electron chi connectivity index (χ0n) is 21.8. The summed E-state index contributed by atoms with van der Waals surface area (Å²) in [6.07, 6.45) is 1.56. The van der Waals surface area contributed by atoms with E-state index in [9.17, 15) is 4.79 Å². The van der Waals surface area contributed by atoms with Gasteiger partial charge in [-0.25, -0.2) is 4.98 Å². The van der Waals surface area contributed by atoms with Gasteiger partial charge in [0.2, 0.25) is 5.82 Å². The molecule has 8 heteroatoms. The first kappa shape index (κ1) is 25.4. The van der Waals surface area contributed by atoms with Crippen molar-refractivity contribution < 1.29 is 13.9 Å². The van der Waals surface area contributed by atoms with Crippen LogP contribution in [0.3, 0.4) is 0 Å². The van der Waals surface area contributed by atoms with E-state index in [-0.39, 0.29) is 11.4 Å². The first-order valence-corrected chi connectivity index (χ1v) is 13.0. The van der Waals surface area contributed by atoms with Gasteiger partial charge in [0.15, 0.2) is 5.76 Å². The molecular weight excluding hydrogens is 526 g/mol. The number of ether oxygens (including phenoxy) is 2. The van der Waals surface area contributed by atoms with Gasteiger partial charge in [0.25, 0.3) is 5.56 Å². The molecule has 0 amide bonds. The Morgan fingerprint density at radius 3 is 2.62 bits per heavy atom. The fourth-order valence-corrected chi connectivity index (χ4v) is 4.76. The molecule has 0 N–H and O–H groups in total. The maximum absolute atomic E-state index is 13.5. The van der Waals surface area contributed by atoms with Gasteiger partial charge in [0.05, 0.1) is 34.6 Å². The zero-order valence-corrected chi connectivity index (χ0v) is 22.6. The Balaban J connectivity index is 1.36. The van der Waals surface area contributed by atoms with E-state index in [0.29, 0.717) is 50.9 Å². The van der Waals surface area contributed by atoms with Crippen LogP contribution < -0.4 is 15.0 Å². The van der Waals surface area contributed by atoms with Gasteiger partial charge >= 0.3 is 0 Å². The standard InChI is InChI=1S/C32H24ClN3O4/c1-20-7-5-8-22(15-20)19-39-29-14-13-21(16-25(29)33)18-34-36-31(35-26-10-4-3-9-23(26)32(36)37)30-17-24-27(38-2)11-6-12-28(24)40-30/h3-18H,19H2,1-2H3. The van der Waals surface area contributed by atoms with Crippen molar-refractivity contribution in [2.24, 2.45) is 5.10 Å². The van der Waals surface area contributed by atoms with E-state index >= 15 is 0 Å². The van der Waals surface area contributed by atoms with E-state index < -0.39 is 0 Å². The molecule has 7 nitrogen and oxygen atoms in total. The van der Waals surface area contributed by atoms with Gasteiger partial charge in [-0.05, 0) is 66.6 Å². The van der Waals surface area contributed by atoms with Gasteiger partial charge in [0.1, 0.15) is 23.7 Å². The average molecular weight is 550 g/mol. The quantitative estimate of drug-likeness (QED) is 0.196. The van der Waals surface area contributed by atoms with E-state index in [0.717, 1.165) is 10.9 Å². The number of furan rings is 1. The second-order valence-corrected chi connectivity index (χ2v) is 9.67. The van der Waals surface area contributed by atoms with E-state index in [1.807, 2.05) is 55.5 Å². The number of hydrogen-bond acceptors (Lipinski definition) is 6. The van der Waals surface area contributed by atoms with Gasteiger partial charge in [0, 0.05) is 0 Å². The smallest absolute Gasteiger partial charge is 0.282 e. The predicted molar refractivity (Wildman–Crippen MR) is 158 cm³/mol. The minimum Gasteiger partial charge on any atom is -0.496 e. The highest BCUT2D eigenvalue weighted by Gasteiger charge is 2.18. The number of halogens is 1. The molecule has 40 heavy (non-hydrogen) atoms. The molecule has 0 saturated carbocycles. The molecule has 198 valence electrons. The van der Waals surface area contributed by atoms with Crippen LogP contribution in [-0.4, -0.2) is 23.0 Å². The van der Waals surface area contributed by atoms with Gasteiger partial charge in [-0.3, -0.25) is 4.79 Å². The summed E-state index contributed by atoms with van der Waals surface area (Å²) in [4.78, 5) is 18.3. The van der Waals surface area contributed by atoms with Crippen LogP contribution in [0.25, 0.3) is 33.5 Å². The summed E-state index contributed by atoms with van der Waals surface area (Å²) in [5, 5.41) is 6.16. The van der Waals surface area contributed by atoms with Crippen molar-refractivity contribution in [2.75, 3.05) is 7.11 Å². The largest absolute Gasteiger partial charge is 0.496 e. The summed E-state index contributed by atoms with van der Waals surface area (Å²) in [6, 6.07) is 27.9. The molecule has 0 bridgehead atoms. The predicted octanol–water partition coefficient (Wildman–Crippen LogP) is 7.24. The van der Waals surface area contributed by atoms with Crippen molar-refractivity contribution in [3.05, 3.63) is 123 Å². The van der Waals surface area contributed by atoms with Crippen molar-refractivity contribution in [3.8, 4) is 23.1 Å². The molecule has 0 atom stereocenters. The van der Waals surface area contributed by atoms with Crippen molar-refractivity contribution in [1.29, 1.82) is 0 Å². The molecule has 0 spiro atoms. The third kappa shape index (κ3) is 4.95. The lowest BCUT2D eigenvalue weighted by molar-refractivity contribution is 0.306. The van der Waals surface area contributed by atoms with Crippen molar-refractivity contribution in [1.82, 2.24) is 9.66 Å². The van der Waals surface area contributed by atoms with Crippen LogP contribution in [-0.2, 0) is 6.61 Å². The lowest BCUT2D eigenvalue weighted by Gasteiger charge is -2.09. The number of aromatic nitrogens is 2. The van der Waals surface area contributed by atoms with E-state index in [4.69, 9.17) is 30.5 Å². The van der Waals surface area contributed by atoms with E-state index in [1.54, 1.807) is 49.7 Å². The minimum atomic E-state index is -0.325. The van der Waals surface area contributed by atoms with E-state index in [1.165, 1.54) is 10.2 Å². The Kier molecular flexibility index (Phi) is 6.80. The molecule has 0 radical (unpaired) electrons. The highest BCUT2D eigenvalue weighted by atomic mass is 35.5. The second-order valence-electron chi connectivity index (χ2n) is 9.26. The van der Waals surface area contributed by atoms with Crippen molar-refractivity contribution in [3.63, 3.8) is 0 Å². The fraction of sp³-hybridized carbons (Fsp3) is 0.0938. The molecule has 6 rings (SSSR count). The number of nitrogens with zero attached hydrogens (tertiary/aromatic N) is 3. The summed E-state index contributed by atoms with van der Waals surface area (Å²) < 4.78 is 18.7. The third-order valence-electron chi connectivity index (χ3n) is 6.47. The molecule has 2 heterocycles. The van der Waals surface area contributed by atoms with Gasteiger partial charge in [-0.2, -0.15) is 9.78 Å². The van der Waals surface area contributed by atoms with Crippen LogP contribution in [0.1, 0.15) is 16.7 Å². The molecular formula is C32H24ClN3O4. The minimum absolute atomic E-state index is 0.266. The molecule has 0 saturated heterocycles. The molecule has 0 aliphatic rings. The number of para-hydroxylation sites is 1. The first-order valence-electron chi connectivity index (χ1n) is 12.6. The normalized spacial score (nSPS) is 11.5. The van der Waals surface area contributed by atoms with Crippen molar-refractivity contribution >= 4 is 39.7 Å².